The van der Waals surface area contributed by atoms with Gasteiger partial charge in [0.25, 0.3) is 5.78 Å². The molecule has 0 saturated heterocycles. The van der Waals surface area contributed by atoms with Gasteiger partial charge < -0.3 is 4.42 Å². The molecular weight excluding hydrogens is 392 g/mol. The van der Waals surface area contributed by atoms with Crippen LogP contribution in [0.5, 0.6) is 0 Å². The number of carbonyl (C=O) groups is 1. The Morgan fingerprint density at radius 2 is 1.92 bits per heavy atom. The zero-order chi connectivity index (χ0) is 16.7. The van der Waals surface area contributed by atoms with Gasteiger partial charge in [-0.3, -0.25) is 9.59 Å². The maximum absolute atomic E-state index is 12.6. The Hall–Kier alpha value is -2.51. The first-order valence-corrected chi connectivity index (χ1v) is 8.62. The molecule has 4 rings (SSSR count). The lowest BCUT2D eigenvalue weighted by molar-refractivity contribution is 0.101. The van der Waals surface area contributed by atoms with E-state index in [4.69, 9.17) is 4.42 Å². The number of hydrogen-bond donors (Lipinski definition) is 0. The summed E-state index contributed by atoms with van der Waals surface area (Å²) in [5, 5.41) is 5.05. The fourth-order valence-corrected chi connectivity index (χ4v) is 3.43. The highest BCUT2D eigenvalue weighted by molar-refractivity contribution is 9.10. The van der Waals surface area contributed by atoms with Crippen LogP contribution in [0, 0.1) is 0 Å². The van der Waals surface area contributed by atoms with Crippen LogP contribution in [0.25, 0.3) is 16.7 Å². The average Bonchev–Trinajstić information content (AvgIpc) is 3.18. The van der Waals surface area contributed by atoms with E-state index in [-0.39, 0.29) is 15.6 Å². The minimum absolute atomic E-state index is 0.0991. The second kappa shape index (κ2) is 5.85. The van der Waals surface area contributed by atoms with Gasteiger partial charge in [-0.15, -0.1) is 5.10 Å². The third-order valence-corrected chi connectivity index (χ3v) is 4.75. The van der Waals surface area contributed by atoms with E-state index in [9.17, 15) is 9.59 Å². The van der Waals surface area contributed by atoms with Crippen molar-refractivity contribution in [2.45, 2.75) is 0 Å². The quantitative estimate of drug-likeness (QED) is 0.486. The van der Waals surface area contributed by atoms with E-state index in [1.807, 2.05) is 18.2 Å². The van der Waals surface area contributed by atoms with Crippen molar-refractivity contribution in [1.29, 1.82) is 0 Å². The summed E-state index contributed by atoms with van der Waals surface area (Å²) in [5.41, 5.74) is 1.22. The maximum atomic E-state index is 12.6. The van der Waals surface area contributed by atoms with Crippen LogP contribution < -0.4 is 4.87 Å². The fourth-order valence-electron chi connectivity index (χ4n) is 2.33. The molecule has 0 bridgehead atoms. The van der Waals surface area contributed by atoms with E-state index >= 15 is 0 Å². The number of fused-ring (bicyclic) bond motifs is 1. The number of hydrogen-bond acceptors (Lipinski definition) is 5. The van der Waals surface area contributed by atoms with Gasteiger partial charge in [0.15, 0.2) is 10.8 Å². The van der Waals surface area contributed by atoms with Crippen molar-refractivity contribution < 1.29 is 9.21 Å². The van der Waals surface area contributed by atoms with Crippen molar-refractivity contribution in [3.8, 4) is 5.69 Å². The minimum Gasteiger partial charge on any atom is -0.452 e. The summed E-state index contributed by atoms with van der Waals surface area (Å²) in [6.45, 7) is 0. The largest absolute Gasteiger partial charge is 0.452 e. The molecule has 24 heavy (non-hydrogen) atoms. The summed E-state index contributed by atoms with van der Waals surface area (Å²) in [6, 6.07) is 16.1. The molecule has 2 aromatic carbocycles. The molecule has 0 aliphatic carbocycles. The van der Waals surface area contributed by atoms with E-state index < -0.39 is 5.78 Å². The van der Waals surface area contributed by atoms with Crippen molar-refractivity contribution in [1.82, 2.24) is 9.78 Å². The van der Waals surface area contributed by atoms with Gasteiger partial charge in [-0.1, -0.05) is 34.1 Å². The second-order valence-electron chi connectivity index (χ2n) is 5.04. The summed E-state index contributed by atoms with van der Waals surface area (Å²) in [5.74, 6) is -0.240. The van der Waals surface area contributed by atoms with E-state index in [1.165, 1.54) is 4.68 Å². The number of aromatic nitrogens is 2. The molecule has 0 unspecified atom stereocenters. The molecular formula is C17H9BrN2O3S. The SMILES string of the molecule is O=C(c1cc2cc(Br)ccc2o1)c1nn(-c2ccccc2)c(=O)s1. The Morgan fingerprint density at radius 3 is 2.71 bits per heavy atom. The first kappa shape index (κ1) is 15.0. The highest BCUT2D eigenvalue weighted by atomic mass is 79.9. The van der Waals surface area contributed by atoms with E-state index in [2.05, 4.69) is 21.0 Å². The molecule has 0 N–H and O–H groups in total. The van der Waals surface area contributed by atoms with Crippen LogP contribution in [-0.4, -0.2) is 15.6 Å². The van der Waals surface area contributed by atoms with E-state index in [0.29, 0.717) is 11.3 Å². The van der Waals surface area contributed by atoms with Crippen LogP contribution >= 0.6 is 27.3 Å². The summed E-state index contributed by atoms with van der Waals surface area (Å²) < 4.78 is 7.69. The lowest BCUT2D eigenvalue weighted by atomic mass is 10.2. The molecule has 118 valence electrons. The van der Waals surface area contributed by atoms with Gasteiger partial charge in [0.1, 0.15) is 5.58 Å². The molecule has 0 atom stereocenters. The highest BCUT2D eigenvalue weighted by Gasteiger charge is 2.20. The second-order valence-corrected chi connectivity index (χ2v) is 6.90. The van der Waals surface area contributed by atoms with Crippen LogP contribution in [0.1, 0.15) is 15.6 Å². The van der Waals surface area contributed by atoms with Crippen LogP contribution in [0.15, 0.2) is 68.3 Å². The van der Waals surface area contributed by atoms with E-state index in [1.54, 1.807) is 36.4 Å². The van der Waals surface area contributed by atoms with Gasteiger partial charge >= 0.3 is 4.87 Å². The Morgan fingerprint density at radius 1 is 1.12 bits per heavy atom. The standard InChI is InChI=1S/C17H9BrN2O3S/c18-11-6-7-13-10(8-11)9-14(23-13)15(21)16-19-20(17(22)24-16)12-4-2-1-3-5-12/h1-9H. The van der Waals surface area contributed by atoms with Crippen LogP contribution in [0.4, 0.5) is 0 Å². The zero-order valence-electron chi connectivity index (χ0n) is 12.1. The number of carbonyl (C=O) groups excluding carboxylic acids is 1. The lowest BCUT2D eigenvalue weighted by Crippen LogP contribution is -2.12. The molecule has 0 spiro atoms. The van der Waals surface area contributed by atoms with Gasteiger partial charge in [0, 0.05) is 9.86 Å². The number of rotatable bonds is 3. The number of halogens is 1. The van der Waals surface area contributed by atoms with Gasteiger partial charge in [-0.2, -0.15) is 4.68 Å². The Kier molecular flexibility index (Phi) is 3.66. The predicted octanol–water partition coefficient (Wildman–Crippen LogP) is 4.03. The average molecular weight is 401 g/mol. The van der Waals surface area contributed by atoms with Crippen LogP contribution in [0.2, 0.25) is 0 Å². The number of ketones is 1. The molecule has 0 aliphatic rings. The lowest BCUT2D eigenvalue weighted by Gasteiger charge is -1.97. The number of furan rings is 1. The van der Waals surface area contributed by atoms with Gasteiger partial charge in [-0.05, 0) is 47.7 Å². The first-order valence-electron chi connectivity index (χ1n) is 7.01. The fraction of sp³-hybridized carbons (Fsp3) is 0. The summed E-state index contributed by atoms with van der Waals surface area (Å²) in [7, 11) is 0. The summed E-state index contributed by atoms with van der Waals surface area (Å²) in [6.07, 6.45) is 0. The van der Waals surface area contributed by atoms with Gasteiger partial charge in [0.2, 0.25) is 0 Å². The van der Waals surface area contributed by atoms with Crippen molar-refractivity contribution in [3.05, 3.63) is 79.5 Å². The summed E-state index contributed by atoms with van der Waals surface area (Å²) in [4.78, 5) is 24.4. The van der Waals surface area contributed by atoms with Gasteiger partial charge in [0.05, 0.1) is 5.69 Å². The van der Waals surface area contributed by atoms with Crippen molar-refractivity contribution >= 4 is 44.0 Å². The van der Waals surface area contributed by atoms with Crippen LogP contribution in [0.3, 0.4) is 0 Å². The predicted molar refractivity (Wildman–Crippen MR) is 95.1 cm³/mol. The Balaban J connectivity index is 1.75. The number of benzene rings is 2. The Bertz CT molecular complexity index is 1110. The monoisotopic (exact) mass is 400 g/mol. The smallest absolute Gasteiger partial charge is 0.330 e. The third-order valence-electron chi connectivity index (χ3n) is 3.44. The molecule has 0 radical (unpaired) electrons. The number of para-hydroxylation sites is 1. The highest BCUT2D eigenvalue weighted by Crippen LogP contribution is 2.25. The van der Waals surface area contributed by atoms with Crippen molar-refractivity contribution in [3.63, 3.8) is 0 Å². The van der Waals surface area contributed by atoms with Crippen molar-refractivity contribution in [2.75, 3.05) is 0 Å². The third kappa shape index (κ3) is 2.61. The molecule has 2 aromatic heterocycles. The zero-order valence-corrected chi connectivity index (χ0v) is 14.5. The Labute approximate surface area is 148 Å². The van der Waals surface area contributed by atoms with E-state index in [0.717, 1.165) is 21.2 Å². The number of nitrogens with zero attached hydrogens (tertiary/aromatic N) is 2. The van der Waals surface area contributed by atoms with Gasteiger partial charge in [-0.25, -0.2) is 0 Å². The molecule has 7 heteroatoms. The minimum atomic E-state index is -0.404. The van der Waals surface area contributed by atoms with Crippen molar-refractivity contribution in [2.24, 2.45) is 0 Å². The molecule has 5 nitrogen and oxygen atoms in total. The normalized spacial score (nSPS) is 11.0. The first-order chi connectivity index (χ1) is 11.6. The summed E-state index contributed by atoms with van der Waals surface area (Å²) >= 11 is 4.18. The molecule has 2 heterocycles. The molecule has 0 amide bonds. The van der Waals surface area contributed by atoms with Crippen LogP contribution in [-0.2, 0) is 0 Å². The molecule has 0 fully saturated rings. The molecule has 4 aromatic rings. The topological polar surface area (TPSA) is 65.1 Å². The maximum Gasteiger partial charge on any atom is 0.330 e. The molecule has 0 saturated carbocycles. The molecule has 0 aliphatic heterocycles.